The molecule has 0 saturated carbocycles. The van der Waals surface area contributed by atoms with Crippen LogP contribution in [-0.4, -0.2) is 32.2 Å². The van der Waals surface area contributed by atoms with Gasteiger partial charge in [0, 0.05) is 44.2 Å². The second kappa shape index (κ2) is 11.7. The standard InChI is InChI=1S/C32H29N5O3/c1-36-21-25(15-18-28(36)38)22-13-16-26(17-14-22)34-32(40)30(35-31(39)27-19-20-33-37(27)2)29(23-9-5-3-6-10-23)24-11-7-4-8-12-24/h3-21,29-30H,1-2H3,(H,34,40)(H,35,39)/t30-/m0/s1. The smallest absolute Gasteiger partial charge is 0.270 e. The summed E-state index contributed by atoms with van der Waals surface area (Å²) in [7, 11) is 3.39. The van der Waals surface area contributed by atoms with Crippen molar-refractivity contribution in [2.75, 3.05) is 5.32 Å². The van der Waals surface area contributed by atoms with E-state index in [2.05, 4.69) is 15.7 Å². The highest BCUT2D eigenvalue weighted by molar-refractivity contribution is 6.01. The highest BCUT2D eigenvalue weighted by Crippen LogP contribution is 2.30. The van der Waals surface area contributed by atoms with Crippen LogP contribution in [0.15, 0.2) is 120 Å². The molecule has 2 heterocycles. The zero-order valence-corrected chi connectivity index (χ0v) is 22.2. The summed E-state index contributed by atoms with van der Waals surface area (Å²) < 4.78 is 3.00. The van der Waals surface area contributed by atoms with Crippen molar-refractivity contribution in [3.63, 3.8) is 0 Å². The first-order chi connectivity index (χ1) is 19.4. The highest BCUT2D eigenvalue weighted by Gasteiger charge is 2.33. The molecule has 2 amide bonds. The van der Waals surface area contributed by atoms with E-state index in [1.807, 2.05) is 72.8 Å². The Morgan fingerprint density at radius 2 is 1.35 bits per heavy atom. The molecular weight excluding hydrogens is 502 g/mol. The largest absolute Gasteiger partial charge is 0.338 e. The molecule has 5 rings (SSSR count). The van der Waals surface area contributed by atoms with E-state index >= 15 is 0 Å². The van der Waals surface area contributed by atoms with Gasteiger partial charge in [-0.1, -0.05) is 72.8 Å². The van der Waals surface area contributed by atoms with Crippen molar-refractivity contribution in [1.29, 1.82) is 0 Å². The second-order valence-corrected chi connectivity index (χ2v) is 9.52. The number of benzene rings is 3. The van der Waals surface area contributed by atoms with Gasteiger partial charge in [0.1, 0.15) is 11.7 Å². The van der Waals surface area contributed by atoms with E-state index in [4.69, 9.17) is 0 Å². The molecule has 200 valence electrons. The van der Waals surface area contributed by atoms with Gasteiger partial charge in [0.15, 0.2) is 0 Å². The van der Waals surface area contributed by atoms with Crippen LogP contribution in [0.1, 0.15) is 27.5 Å². The number of hydrogen-bond acceptors (Lipinski definition) is 4. The molecule has 3 aromatic carbocycles. The zero-order chi connectivity index (χ0) is 28.1. The number of rotatable bonds is 8. The molecule has 2 aromatic heterocycles. The van der Waals surface area contributed by atoms with Crippen LogP contribution in [0, 0.1) is 0 Å². The molecule has 0 bridgehead atoms. The third-order valence-electron chi connectivity index (χ3n) is 6.84. The second-order valence-electron chi connectivity index (χ2n) is 9.52. The Balaban J connectivity index is 1.48. The molecule has 1 atom stereocenters. The van der Waals surface area contributed by atoms with Gasteiger partial charge in [-0.25, -0.2) is 0 Å². The van der Waals surface area contributed by atoms with E-state index < -0.39 is 17.9 Å². The van der Waals surface area contributed by atoms with Gasteiger partial charge in [-0.15, -0.1) is 0 Å². The summed E-state index contributed by atoms with van der Waals surface area (Å²) >= 11 is 0. The lowest BCUT2D eigenvalue weighted by Crippen LogP contribution is -2.48. The molecule has 0 unspecified atom stereocenters. The van der Waals surface area contributed by atoms with Gasteiger partial charge >= 0.3 is 0 Å². The Hall–Kier alpha value is -5.24. The van der Waals surface area contributed by atoms with E-state index in [9.17, 15) is 14.4 Å². The Labute approximate surface area is 231 Å². The zero-order valence-electron chi connectivity index (χ0n) is 22.2. The quantitative estimate of drug-likeness (QED) is 0.311. The number of hydrogen-bond donors (Lipinski definition) is 2. The number of anilines is 1. The van der Waals surface area contributed by atoms with Crippen LogP contribution < -0.4 is 16.2 Å². The lowest BCUT2D eigenvalue weighted by molar-refractivity contribution is -0.118. The van der Waals surface area contributed by atoms with Crippen molar-refractivity contribution >= 4 is 17.5 Å². The predicted molar refractivity (Wildman–Crippen MR) is 155 cm³/mol. The summed E-state index contributed by atoms with van der Waals surface area (Å²) in [4.78, 5) is 39.0. The van der Waals surface area contributed by atoms with Crippen LogP contribution in [0.2, 0.25) is 0 Å². The molecule has 0 fully saturated rings. The van der Waals surface area contributed by atoms with Gasteiger partial charge in [0.25, 0.3) is 5.91 Å². The van der Waals surface area contributed by atoms with Crippen molar-refractivity contribution in [3.05, 3.63) is 143 Å². The first kappa shape index (κ1) is 26.4. The SMILES string of the molecule is Cn1nccc1C(=O)N[C@H](C(=O)Nc1ccc(-c2ccc(=O)n(C)c2)cc1)C(c1ccccc1)c1ccccc1. The van der Waals surface area contributed by atoms with Crippen LogP contribution in [0.25, 0.3) is 11.1 Å². The Kier molecular flexibility index (Phi) is 7.68. The fourth-order valence-electron chi connectivity index (χ4n) is 4.74. The summed E-state index contributed by atoms with van der Waals surface area (Å²) in [5.74, 6) is -1.21. The Bertz CT molecular complexity index is 1640. The number of nitrogens with one attached hydrogen (secondary N) is 2. The average Bonchev–Trinajstić information content (AvgIpc) is 3.41. The molecule has 0 aliphatic carbocycles. The fourth-order valence-corrected chi connectivity index (χ4v) is 4.74. The maximum Gasteiger partial charge on any atom is 0.270 e. The van der Waals surface area contributed by atoms with Crippen LogP contribution in [0.5, 0.6) is 0 Å². The maximum atomic E-state index is 13.9. The summed E-state index contributed by atoms with van der Waals surface area (Å²) in [6.07, 6.45) is 3.31. The average molecular weight is 532 g/mol. The van der Waals surface area contributed by atoms with Gasteiger partial charge < -0.3 is 15.2 Å². The summed E-state index contributed by atoms with van der Waals surface area (Å²) in [5.41, 5.74) is 4.42. The molecule has 8 nitrogen and oxygen atoms in total. The van der Waals surface area contributed by atoms with E-state index in [-0.39, 0.29) is 11.5 Å². The lowest BCUT2D eigenvalue weighted by Gasteiger charge is -2.28. The summed E-state index contributed by atoms with van der Waals surface area (Å²) in [5, 5.41) is 10.1. The van der Waals surface area contributed by atoms with Crippen molar-refractivity contribution in [2.45, 2.75) is 12.0 Å². The molecule has 0 spiro atoms. The third-order valence-corrected chi connectivity index (χ3v) is 6.84. The maximum absolute atomic E-state index is 13.9. The minimum Gasteiger partial charge on any atom is -0.338 e. The minimum atomic E-state index is -0.935. The minimum absolute atomic E-state index is 0.0850. The molecular formula is C32H29N5O3. The number of nitrogens with zero attached hydrogens (tertiary/aromatic N) is 3. The van der Waals surface area contributed by atoms with Crippen molar-refractivity contribution in [1.82, 2.24) is 19.7 Å². The molecule has 0 saturated heterocycles. The fraction of sp³-hybridized carbons (Fsp3) is 0.125. The molecule has 40 heavy (non-hydrogen) atoms. The third kappa shape index (κ3) is 5.76. The first-order valence-corrected chi connectivity index (χ1v) is 12.9. The van der Waals surface area contributed by atoms with E-state index in [0.29, 0.717) is 11.4 Å². The predicted octanol–water partition coefficient (Wildman–Crippen LogP) is 4.36. The topological polar surface area (TPSA) is 98.0 Å². The number of pyridine rings is 1. The molecule has 8 heteroatoms. The molecule has 5 aromatic rings. The number of carbonyl (C=O) groups excluding carboxylic acids is 2. The van der Waals surface area contributed by atoms with Crippen LogP contribution >= 0.6 is 0 Å². The van der Waals surface area contributed by atoms with E-state index in [1.54, 1.807) is 50.8 Å². The molecule has 2 N–H and O–H groups in total. The van der Waals surface area contributed by atoms with Crippen molar-refractivity contribution in [3.8, 4) is 11.1 Å². The van der Waals surface area contributed by atoms with Crippen molar-refractivity contribution in [2.24, 2.45) is 14.1 Å². The first-order valence-electron chi connectivity index (χ1n) is 12.9. The van der Waals surface area contributed by atoms with Crippen LogP contribution in [-0.2, 0) is 18.9 Å². The van der Waals surface area contributed by atoms with E-state index in [0.717, 1.165) is 22.3 Å². The number of aromatic nitrogens is 3. The summed E-state index contributed by atoms with van der Waals surface area (Å²) in [6, 6.07) is 30.7. The van der Waals surface area contributed by atoms with E-state index in [1.165, 1.54) is 15.3 Å². The monoisotopic (exact) mass is 531 g/mol. The number of amides is 2. The molecule has 0 radical (unpaired) electrons. The normalized spacial score (nSPS) is 11.7. The number of carbonyl (C=O) groups is 2. The highest BCUT2D eigenvalue weighted by atomic mass is 16.2. The molecule has 0 aliphatic heterocycles. The van der Waals surface area contributed by atoms with Gasteiger partial charge in [-0.2, -0.15) is 5.10 Å². The van der Waals surface area contributed by atoms with Crippen molar-refractivity contribution < 1.29 is 9.59 Å². The lowest BCUT2D eigenvalue weighted by atomic mass is 9.84. The van der Waals surface area contributed by atoms with Crippen LogP contribution in [0.3, 0.4) is 0 Å². The van der Waals surface area contributed by atoms with Gasteiger partial charge in [0.2, 0.25) is 11.5 Å². The van der Waals surface area contributed by atoms with Gasteiger partial charge in [-0.3, -0.25) is 19.1 Å². The van der Waals surface area contributed by atoms with Crippen LogP contribution in [0.4, 0.5) is 5.69 Å². The van der Waals surface area contributed by atoms with Gasteiger partial charge in [-0.05, 0) is 46.5 Å². The molecule has 0 aliphatic rings. The Morgan fingerprint density at radius 1 is 0.750 bits per heavy atom. The number of aryl methyl sites for hydroxylation is 2. The summed E-state index contributed by atoms with van der Waals surface area (Å²) in [6.45, 7) is 0. The Morgan fingerprint density at radius 3 is 1.90 bits per heavy atom. The van der Waals surface area contributed by atoms with Gasteiger partial charge in [0.05, 0.1) is 0 Å².